The van der Waals surface area contributed by atoms with Gasteiger partial charge in [-0.3, -0.25) is 0 Å². The average molecular weight is 1150 g/mol. The molecule has 71 heavy (non-hydrogen) atoms. The monoisotopic (exact) mass is 1150 g/mol. The van der Waals surface area contributed by atoms with Crippen LogP contribution in [0.15, 0.2) is 176 Å². The van der Waals surface area contributed by atoms with Crippen molar-refractivity contribution in [2.45, 2.75) is 65.3 Å². The molecule has 2 heterocycles. The second-order valence-corrected chi connectivity index (χ2v) is 21.6. The molecule has 352 valence electrons. The first-order valence-electron chi connectivity index (χ1n) is 24.5. The van der Waals surface area contributed by atoms with E-state index >= 15 is 0 Å². The van der Waals surface area contributed by atoms with Crippen molar-refractivity contribution >= 4 is 67.3 Å². The number of nitrogens with zero attached hydrogens (tertiary/aromatic N) is 2. The molecule has 0 spiro atoms. The van der Waals surface area contributed by atoms with Crippen LogP contribution in [0.3, 0.4) is 0 Å². The van der Waals surface area contributed by atoms with E-state index in [4.69, 9.17) is 18.9 Å². The van der Waals surface area contributed by atoms with Gasteiger partial charge in [0.15, 0.2) is 0 Å². The summed E-state index contributed by atoms with van der Waals surface area (Å²) in [6.07, 6.45) is 1.38. The van der Waals surface area contributed by atoms with Crippen LogP contribution >= 0.6 is 45.2 Å². The third-order valence-corrected chi connectivity index (χ3v) is 15.8. The molecule has 9 aromatic carbocycles. The van der Waals surface area contributed by atoms with Crippen molar-refractivity contribution in [3.8, 4) is 51.4 Å². The zero-order valence-electron chi connectivity index (χ0n) is 39.9. The highest BCUT2D eigenvalue weighted by molar-refractivity contribution is 14.1. The Morgan fingerprint density at radius 2 is 1.07 bits per heavy atom. The van der Waals surface area contributed by atoms with E-state index in [1.165, 1.54) is 68.2 Å². The van der Waals surface area contributed by atoms with Crippen LogP contribution in [0.1, 0.15) is 63.8 Å². The molecule has 0 amide bonds. The second kappa shape index (κ2) is 19.3. The summed E-state index contributed by atoms with van der Waals surface area (Å²) in [6.45, 7) is 9.64. The number of para-hydroxylation sites is 4. The van der Waals surface area contributed by atoms with Crippen molar-refractivity contribution in [1.82, 2.24) is 0 Å². The summed E-state index contributed by atoms with van der Waals surface area (Å²) in [4.78, 5) is 5.09. The van der Waals surface area contributed by atoms with Gasteiger partial charge in [0.05, 0.1) is 11.8 Å². The maximum atomic E-state index is 7.26. The molecule has 8 heteroatoms. The first-order valence-corrected chi connectivity index (χ1v) is 26.6. The minimum absolute atomic E-state index is 0.0706. The fraction of sp³-hybridized carbons (Fsp3) is 0.175. The van der Waals surface area contributed by atoms with E-state index in [2.05, 4.69) is 179 Å². The second-order valence-electron chi connectivity index (χ2n) is 19.2. The van der Waals surface area contributed by atoms with E-state index in [0.717, 1.165) is 89.5 Å². The summed E-state index contributed by atoms with van der Waals surface area (Å²) < 4.78 is 30.9. The molecular weight excluding hydrogens is 1100 g/mol. The first kappa shape index (κ1) is 45.6. The summed E-state index contributed by atoms with van der Waals surface area (Å²) in [5.74, 6) is 5.83. The van der Waals surface area contributed by atoms with Crippen LogP contribution in [0.5, 0.6) is 40.2 Å². The number of ether oxygens (including phenoxy) is 4. The summed E-state index contributed by atoms with van der Waals surface area (Å²) in [7, 11) is 0. The lowest BCUT2D eigenvalue weighted by Crippen LogP contribution is -2.37. The molecule has 1 aliphatic carbocycles. The number of benzene rings is 9. The Kier molecular flexibility index (Phi) is 12.4. The average Bonchev–Trinajstić information content (AvgIpc) is 3.38. The smallest absolute Gasteiger partial charge is 0.136 e. The number of hydrogen-bond acceptors (Lipinski definition) is 6. The number of rotatable bonds is 12. The Bertz CT molecular complexity index is 3450. The fourth-order valence-corrected chi connectivity index (χ4v) is 12.4. The Hall–Kier alpha value is -6.50. The molecular formula is C63H52I2N2O4. The van der Waals surface area contributed by atoms with Gasteiger partial charge in [0.1, 0.15) is 40.2 Å². The minimum atomic E-state index is -0.0706. The normalized spacial score (nSPS) is 14.9. The summed E-state index contributed by atoms with van der Waals surface area (Å²) in [5.41, 5.74) is 14.6. The molecule has 0 bridgehead atoms. The largest absolute Gasteiger partial charge is 0.491 e. The topological polar surface area (TPSA) is 43.4 Å². The minimum Gasteiger partial charge on any atom is -0.491 e. The van der Waals surface area contributed by atoms with Gasteiger partial charge in [0, 0.05) is 73.4 Å². The van der Waals surface area contributed by atoms with Crippen molar-refractivity contribution in [2.75, 3.05) is 16.3 Å². The van der Waals surface area contributed by atoms with Crippen LogP contribution in [-0.2, 0) is 26.1 Å². The predicted molar refractivity (Wildman–Crippen MR) is 304 cm³/mol. The van der Waals surface area contributed by atoms with E-state index in [-0.39, 0.29) is 12.0 Å². The van der Waals surface area contributed by atoms with Crippen LogP contribution in [-0.4, -0.2) is 12.6 Å². The Morgan fingerprint density at radius 1 is 0.521 bits per heavy atom. The summed E-state index contributed by atoms with van der Waals surface area (Å²) in [6, 6.07) is 61.5. The molecule has 2 atom stereocenters. The van der Waals surface area contributed by atoms with Crippen molar-refractivity contribution < 1.29 is 18.9 Å². The molecule has 0 saturated carbocycles. The first-order chi connectivity index (χ1) is 34.7. The van der Waals surface area contributed by atoms with Crippen LogP contribution in [0.2, 0.25) is 0 Å². The highest BCUT2D eigenvalue weighted by Crippen LogP contribution is 2.58. The van der Waals surface area contributed by atoms with Crippen molar-refractivity contribution in [2.24, 2.45) is 0 Å². The lowest BCUT2D eigenvalue weighted by atomic mass is 9.72. The van der Waals surface area contributed by atoms with Gasteiger partial charge in [-0.25, -0.2) is 0 Å². The maximum absolute atomic E-state index is 7.26. The van der Waals surface area contributed by atoms with E-state index in [1.807, 2.05) is 72.8 Å². The van der Waals surface area contributed by atoms with Gasteiger partial charge in [0.2, 0.25) is 0 Å². The quantitative estimate of drug-likeness (QED) is 0.114. The third kappa shape index (κ3) is 8.98. The molecule has 0 N–H and O–H groups in total. The lowest BCUT2D eigenvalue weighted by Gasteiger charge is -2.41. The SMILES string of the molecule is Cc1ccc(I)c(N2Cc3cc(Oc4ccccc4)c4c5c(c(Oc6ccccc6)cc(c35)C2)-c2c(Oc3ccccc3)cc3c(c2C4)C(CC(C)Oc2ccccc2)CN(c2cc(I)ccc2C)C3)c1. The molecule has 6 nitrogen and oxygen atoms in total. The predicted octanol–water partition coefficient (Wildman–Crippen LogP) is 17.1. The van der Waals surface area contributed by atoms with E-state index in [1.54, 1.807) is 0 Å². The van der Waals surface area contributed by atoms with Gasteiger partial charge in [-0.15, -0.1) is 0 Å². The highest BCUT2D eigenvalue weighted by Gasteiger charge is 2.39. The van der Waals surface area contributed by atoms with Gasteiger partial charge >= 0.3 is 0 Å². The fourth-order valence-electron chi connectivity index (χ4n) is 11.3. The van der Waals surface area contributed by atoms with Crippen molar-refractivity contribution in [3.05, 3.63) is 228 Å². The van der Waals surface area contributed by atoms with Crippen LogP contribution < -0.4 is 28.7 Å². The zero-order valence-corrected chi connectivity index (χ0v) is 44.2. The number of fused-ring (bicyclic) bond motifs is 4. The standard InChI is InChI=1S/C63H52I2N2O4/c1-39-24-27-53(65)55(28-39)67-37-44-30-56(69-48-18-10-5-11-19-48)51-34-52-59-42(29-41(3)68-47-16-8-4-9-17-47)35-66(54-33-46(64)26-25-40(54)2)36-43(59)31-57(70-49-20-12-6-13-21-49)61(52)63-58(71-50-22-14-7-15-23-50)32-45(38-67)60(44)62(51)63/h4-28,30-33,41-42H,29,34-38H2,1-3H3. The molecule has 0 radical (unpaired) electrons. The molecule has 0 aromatic heterocycles. The molecule has 12 rings (SSSR count). The molecule has 3 aliphatic rings. The summed E-state index contributed by atoms with van der Waals surface area (Å²) >= 11 is 4.94. The molecule has 9 aromatic rings. The molecule has 2 aliphatic heterocycles. The summed E-state index contributed by atoms with van der Waals surface area (Å²) in [5, 5.41) is 2.44. The molecule has 0 saturated heterocycles. The Morgan fingerprint density at radius 3 is 1.70 bits per heavy atom. The van der Waals surface area contributed by atoms with Gasteiger partial charge in [-0.2, -0.15) is 0 Å². The molecule has 0 fully saturated rings. The zero-order chi connectivity index (χ0) is 48.2. The molecule has 2 unspecified atom stereocenters. The Labute approximate surface area is 443 Å². The third-order valence-electron chi connectivity index (χ3n) is 14.2. The number of aryl methyl sites for hydroxylation is 2. The highest BCUT2D eigenvalue weighted by atomic mass is 127. The van der Waals surface area contributed by atoms with Gasteiger partial charge in [-0.05, 0) is 208 Å². The van der Waals surface area contributed by atoms with Gasteiger partial charge in [-0.1, -0.05) is 84.9 Å². The number of anilines is 2. The van der Waals surface area contributed by atoms with Crippen LogP contribution in [0.4, 0.5) is 11.4 Å². The number of halogens is 2. The van der Waals surface area contributed by atoms with E-state index < -0.39 is 0 Å². The maximum Gasteiger partial charge on any atom is 0.136 e. The van der Waals surface area contributed by atoms with Crippen molar-refractivity contribution in [3.63, 3.8) is 0 Å². The van der Waals surface area contributed by atoms with Crippen LogP contribution in [0, 0.1) is 21.0 Å². The van der Waals surface area contributed by atoms with E-state index in [0.29, 0.717) is 6.42 Å². The Balaban J connectivity index is 1.13. The number of hydrogen-bond donors (Lipinski definition) is 0. The lowest BCUT2D eigenvalue weighted by molar-refractivity contribution is 0.199. The van der Waals surface area contributed by atoms with E-state index in [9.17, 15) is 0 Å². The van der Waals surface area contributed by atoms with Crippen molar-refractivity contribution in [1.29, 1.82) is 0 Å². The van der Waals surface area contributed by atoms with Gasteiger partial charge < -0.3 is 28.7 Å². The van der Waals surface area contributed by atoms with Gasteiger partial charge in [0.25, 0.3) is 0 Å². The van der Waals surface area contributed by atoms with Crippen LogP contribution in [0.25, 0.3) is 21.9 Å².